The third-order valence-corrected chi connectivity index (χ3v) is 3.94. The fourth-order valence-electron chi connectivity index (χ4n) is 1.92. The number of anilines is 1. The SMILES string of the molecule is Cc1ncc(-c2nc(-c3ccc(F)cn3)c(C)s2)c(N)n1. The zero-order valence-corrected chi connectivity index (χ0v) is 12.3. The fraction of sp³-hybridized carbons (Fsp3) is 0.143. The van der Waals surface area contributed by atoms with E-state index in [1.807, 2.05) is 6.92 Å². The van der Waals surface area contributed by atoms with Gasteiger partial charge < -0.3 is 5.73 Å². The van der Waals surface area contributed by atoms with Crippen molar-refractivity contribution in [2.24, 2.45) is 0 Å². The standard InChI is InChI=1S/C14H12FN5S/c1-7-12(11-4-3-9(15)5-18-11)20-14(21-7)10-6-17-8(2)19-13(10)16/h3-6H,1-2H3,(H2,16,17,19). The second-order valence-corrected chi connectivity index (χ2v) is 5.70. The van der Waals surface area contributed by atoms with Crippen molar-refractivity contribution in [2.45, 2.75) is 13.8 Å². The van der Waals surface area contributed by atoms with Gasteiger partial charge in [-0.15, -0.1) is 11.3 Å². The maximum absolute atomic E-state index is 13.0. The van der Waals surface area contributed by atoms with E-state index in [2.05, 4.69) is 19.9 Å². The lowest BCUT2D eigenvalue weighted by atomic mass is 10.2. The number of aromatic nitrogens is 4. The van der Waals surface area contributed by atoms with Crippen LogP contribution < -0.4 is 5.73 Å². The van der Waals surface area contributed by atoms with Crippen LogP contribution in [0, 0.1) is 19.7 Å². The second kappa shape index (κ2) is 5.17. The minimum absolute atomic E-state index is 0.372. The summed E-state index contributed by atoms with van der Waals surface area (Å²) in [7, 11) is 0. The van der Waals surface area contributed by atoms with Gasteiger partial charge >= 0.3 is 0 Å². The first kappa shape index (κ1) is 13.6. The van der Waals surface area contributed by atoms with Crippen molar-refractivity contribution in [1.82, 2.24) is 19.9 Å². The summed E-state index contributed by atoms with van der Waals surface area (Å²) in [4.78, 5) is 17.9. The Kier molecular flexibility index (Phi) is 3.34. The predicted molar refractivity (Wildman–Crippen MR) is 80.2 cm³/mol. The first-order chi connectivity index (χ1) is 10.0. The molecule has 0 atom stereocenters. The maximum atomic E-state index is 13.0. The molecule has 3 aromatic heterocycles. The Bertz CT molecular complexity index is 798. The Hall–Kier alpha value is -2.41. The number of rotatable bonds is 2. The zero-order valence-electron chi connectivity index (χ0n) is 11.5. The first-order valence-corrected chi connectivity index (χ1v) is 7.05. The molecule has 0 aliphatic carbocycles. The molecule has 0 bridgehead atoms. The molecule has 3 heterocycles. The van der Waals surface area contributed by atoms with E-state index in [1.54, 1.807) is 19.2 Å². The van der Waals surface area contributed by atoms with Crippen LogP contribution in [0.2, 0.25) is 0 Å². The summed E-state index contributed by atoms with van der Waals surface area (Å²) < 4.78 is 13.0. The molecule has 0 aliphatic rings. The summed E-state index contributed by atoms with van der Waals surface area (Å²) in [5, 5.41) is 0.728. The number of nitrogen functional groups attached to an aromatic ring is 1. The highest BCUT2D eigenvalue weighted by molar-refractivity contribution is 7.15. The highest BCUT2D eigenvalue weighted by Crippen LogP contribution is 2.34. The molecular weight excluding hydrogens is 289 g/mol. The Labute approximate surface area is 124 Å². The van der Waals surface area contributed by atoms with Crippen molar-refractivity contribution in [3.05, 3.63) is 41.0 Å². The van der Waals surface area contributed by atoms with E-state index >= 15 is 0 Å². The first-order valence-electron chi connectivity index (χ1n) is 6.23. The predicted octanol–water partition coefficient (Wildman–Crippen LogP) is 3.00. The molecular formula is C14H12FN5S. The Balaban J connectivity index is 2.07. The van der Waals surface area contributed by atoms with Crippen LogP contribution >= 0.6 is 11.3 Å². The van der Waals surface area contributed by atoms with Gasteiger partial charge in [0, 0.05) is 11.1 Å². The summed E-state index contributed by atoms with van der Waals surface area (Å²) in [6.07, 6.45) is 2.84. The smallest absolute Gasteiger partial charge is 0.141 e. The number of pyridine rings is 1. The van der Waals surface area contributed by atoms with Crippen molar-refractivity contribution in [1.29, 1.82) is 0 Å². The molecule has 0 saturated heterocycles. The quantitative estimate of drug-likeness (QED) is 0.787. The highest BCUT2D eigenvalue weighted by Gasteiger charge is 2.15. The van der Waals surface area contributed by atoms with Crippen LogP contribution in [0.5, 0.6) is 0 Å². The van der Waals surface area contributed by atoms with E-state index in [9.17, 15) is 4.39 Å². The summed E-state index contributed by atoms with van der Waals surface area (Å²) in [6.45, 7) is 3.72. The number of hydrogen-bond donors (Lipinski definition) is 1. The summed E-state index contributed by atoms with van der Waals surface area (Å²) in [5.41, 5.74) is 7.96. The van der Waals surface area contributed by atoms with Crippen molar-refractivity contribution in [2.75, 3.05) is 5.73 Å². The minimum atomic E-state index is -0.372. The number of aryl methyl sites for hydroxylation is 2. The molecule has 3 rings (SSSR count). The van der Waals surface area contributed by atoms with E-state index in [0.717, 1.165) is 15.6 Å². The molecule has 5 nitrogen and oxygen atoms in total. The third kappa shape index (κ3) is 2.59. The molecule has 0 spiro atoms. The molecule has 0 aliphatic heterocycles. The van der Waals surface area contributed by atoms with Crippen LogP contribution in [0.25, 0.3) is 22.0 Å². The number of hydrogen-bond acceptors (Lipinski definition) is 6. The molecule has 21 heavy (non-hydrogen) atoms. The molecule has 0 aromatic carbocycles. The molecule has 0 saturated carbocycles. The lowest BCUT2D eigenvalue weighted by molar-refractivity contribution is 0.622. The zero-order chi connectivity index (χ0) is 15.0. The van der Waals surface area contributed by atoms with Crippen molar-refractivity contribution < 1.29 is 4.39 Å². The van der Waals surface area contributed by atoms with E-state index < -0.39 is 0 Å². The van der Waals surface area contributed by atoms with Crippen LogP contribution in [0.1, 0.15) is 10.7 Å². The Morgan fingerprint density at radius 3 is 2.57 bits per heavy atom. The summed E-state index contributed by atoms with van der Waals surface area (Å²) >= 11 is 1.48. The highest BCUT2D eigenvalue weighted by atomic mass is 32.1. The van der Waals surface area contributed by atoms with E-state index in [0.29, 0.717) is 22.9 Å². The van der Waals surface area contributed by atoms with Crippen LogP contribution in [-0.2, 0) is 0 Å². The second-order valence-electron chi connectivity index (χ2n) is 4.50. The van der Waals surface area contributed by atoms with Gasteiger partial charge in [-0.05, 0) is 26.0 Å². The van der Waals surface area contributed by atoms with Gasteiger partial charge in [0.1, 0.15) is 28.2 Å². The Morgan fingerprint density at radius 1 is 1.10 bits per heavy atom. The normalized spacial score (nSPS) is 10.8. The number of halogens is 1. The monoisotopic (exact) mass is 301 g/mol. The molecule has 0 radical (unpaired) electrons. The van der Waals surface area contributed by atoms with Gasteiger partial charge in [0.25, 0.3) is 0 Å². The number of thiazole rings is 1. The van der Waals surface area contributed by atoms with Gasteiger partial charge in [0.05, 0.1) is 17.5 Å². The number of nitrogens with two attached hydrogens (primary N) is 1. The van der Waals surface area contributed by atoms with Crippen molar-refractivity contribution in [3.8, 4) is 22.0 Å². The third-order valence-electron chi connectivity index (χ3n) is 2.94. The molecule has 3 aromatic rings. The van der Waals surface area contributed by atoms with Gasteiger partial charge in [-0.25, -0.2) is 19.3 Å². The molecule has 0 fully saturated rings. The van der Waals surface area contributed by atoms with Crippen LogP contribution in [-0.4, -0.2) is 19.9 Å². The molecule has 2 N–H and O–H groups in total. The average Bonchev–Trinajstić information content (AvgIpc) is 2.81. The minimum Gasteiger partial charge on any atom is -0.383 e. The van der Waals surface area contributed by atoms with E-state index in [4.69, 9.17) is 5.73 Å². The van der Waals surface area contributed by atoms with Gasteiger partial charge in [-0.1, -0.05) is 0 Å². The molecule has 7 heteroatoms. The number of nitrogens with zero attached hydrogens (tertiary/aromatic N) is 4. The fourth-order valence-corrected chi connectivity index (χ4v) is 2.86. The van der Waals surface area contributed by atoms with Gasteiger partial charge in [0.15, 0.2) is 0 Å². The molecule has 106 valence electrons. The van der Waals surface area contributed by atoms with E-state index in [1.165, 1.54) is 23.6 Å². The largest absolute Gasteiger partial charge is 0.383 e. The van der Waals surface area contributed by atoms with Crippen molar-refractivity contribution in [3.63, 3.8) is 0 Å². The van der Waals surface area contributed by atoms with Gasteiger partial charge in [-0.2, -0.15) is 0 Å². The lowest BCUT2D eigenvalue weighted by Crippen LogP contribution is -1.98. The lowest BCUT2D eigenvalue weighted by Gasteiger charge is -2.01. The van der Waals surface area contributed by atoms with Crippen LogP contribution in [0.15, 0.2) is 24.5 Å². The van der Waals surface area contributed by atoms with Gasteiger partial charge in [-0.3, -0.25) is 4.98 Å². The van der Waals surface area contributed by atoms with E-state index in [-0.39, 0.29) is 5.82 Å². The van der Waals surface area contributed by atoms with Crippen molar-refractivity contribution >= 4 is 17.2 Å². The average molecular weight is 301 g/mol. The van der Waals surface area contributed by atoms with Crippen LogP contribution in [0.4, 0.5) is 10.2 Å². The summed E-state index contributed by atoms with van der Waals surface area (Å²) in [5.74, 6) is 0.642. The molecule has 0 unspecified atom stereocenters. The topological polar surface area (TPSA) is 77.6 Å². The van der Waals surface area contributed by atoms with Crippen LogP contribution in [0.3, 0.4) is 0 Å². The molecule has 0 amide bonds. The Morgan fingerprint density at radius 2 is 1.90 bits per heavy atom. The van der Waals surface area contributed by atoms with Gasteiger partial charge in [0.2, 0.25) is 0 Å². The maximum Gasteiger partial charge on any atom is 0.141 e. The summed E-state index contributed by atoms with van der Waals surface area (Å²) in [6, 6.07) is 2.97.